The first-order valence-electron chi connectivity index (χ1n) is 5.49. The Labute approximate surface area is 119 Å². The molecule has 20 heavy (non-hydrogen) atoms. The van der Waals surface area contributed by atoms with E-state index in [0.717, 1.165) is 20.3 Å². The lowest BCUT2D eigenvalue weighted by Gasteiger charge is -2.12. The minimum Gasteiger partial charge on any atom is -0.468 e. The van der Waals surface area contributed by atoms with Crippen molar-refractivity contribution in [3.63, 3.8) is 0 Å². The van der Waals surface area contributed by atoms with Crippen molar-refractivity contribution in [3.8, 4) is 0 Å². The Hall–Kier alpha value is -2.15. The highest BCUT2D eigenvalue weighted by Gasteiger charge is 2.31. The second-order valence-electron chi connectivity index (χ2n) is 3.83. The molecule has 7 nitrogen and oxygen atoms in total. The van der Waals surface area contributed by atoms with Gasteiger partial charge in [-0.25, -0.2) is 0 Å². The molecule has 0 saturated carbocycles. The molecule has 0 spiro atoms. The van der Waals surface area contributed by atoms with E-state index in [2.05, 4.69) is 9.47 Å². The number of methoxy groups -OCH3 is 2. The van der Waals surface area contributed by atoms with Gasteiger partial charge in [-0.1, -0.05) is 17.7 Å². The molecule has 1 rings (SSSR count). The minimum atomic E-state index is -1.26. The molecule has 0 N–H and O–H groups in total. The smallest absolute Gasteiger partial charge is 0.320 e. The number of esters is 2. The van der Waals surface area contributed by atoms with Crippen LogP contribution in [0.25, 0.3) is 0 Å². The molecule has 1 aromatic carbocycles. The molecule has 0 atom stereocenters. The summed E-state index contributed by atoms with van der Waals surface area (Å²) in [5, 5.41) is 11.1. The van der Waals surface area contributed by atoms with Gasteiger partial charge in [-0.3, -0.25) is 19.7 Å². The number of nitro groups is 1. The predicted octanol–water partition coefficient (Wildman–Crippen LogP) is 1.75. The normalized spacial score (nSPS) is 10.2. The Morgan fingerprint density at radius 1 is 1.30 bits per heavy atom. The zero-order valence-corrected chi connectivity index (χ0v) is 11.5. The summed E-state index contributed by atoms with van der Waals surface area (Å²) in [6.07, 6.45) is -0.202. The fraction of sp³-hybridized carbons (Fsp3) is 0.333. The first-order chi connectivity index (χ1) is 9.40. The van der Waals surface area contributed by atoms with Crippen LogP contribution in [-0.4, -0.2) is 31.1 Å². The topological polar surface area (TPSA) is 95.7 Å². The van der Waals surface area contributed by atoms with Crippen LogP contribution >= 0.6 is 11.6 Å². The molecule has 1 aromatic rings. The summed E-state index contributed by atoms with van der Waals surface area (Å²) in [7, 11) is 2.24. The van der Waals surface area contributed by atoms with Crippen LogP contribution in [0.15, 0.2) is 18.2 Å². The van der Waals surface area contributed by atoms with Crippen LogP contribution in [0.1, 0.15) is 5.56 Å². The number of hydrogen-bond donors (Lipinski definition) is 0. The maximum absolute atomic E-state index is 11.5. The third kappa shape index (κ3) is 3.67. The number of nitrogens with zero attached hydrogens (tertiary/aromatic N) is 1. The van der Waals surface area contributed by atoms with E-state index in [0.29, 0.717) is 0 Å². The van der Waals surface area contributed by atoms with E-state index >= 15 is 0 Å². The molecule has 0 unspecified atom stereocenters. The van der Waals surface area contributed by atoms with Crippen LogP contribution < -0.4 is 0 Å². The third-order valence-electron chi connectivity index (χ3n) is 2.64. The van der Waals surface area contributed by atoms with Crippen molar-refractivity contribution in [2.75, 3.05) is 14.2 Å². The standard InChI is InChI=1S/C12H12ClNO6/c1-19-11(15)9(12(16)20-2)5-7-3-4-8(13)6-10(7)14(17)18/h3-4,6,9H,5H2,1-2H3. The SMILES string of the molecule is COC(=O)C(Cc1ccc(Cl)cc1[N+](=O)[O-])C(=O)OC. The lowest BCUT2D eigenvalue weighted by molar-refractivity contribution is -0.385. The van der Waals surface area contributed by atoms with Gasteiger partial charge < -0.3 is 9.47 Å². The van der Waals surface area contributed by atoms with E-state index in [1.165, 1.54) is 12.1 Å². The molecule has 0 amide bonds. The Kier molecular flexibility index (Phi) is 5.45. The van der Waals surface area contributed by atoms with Gasteiger partial charge in [-0.15, -0.1) is 0 Å². The number of rotatable bonds is 5. The molecule has 0 saturated heterocycles. The van der Waals surface area contributed by atoms with E-state index < -0.39 is 22.8 Å². The van der Waals surface area contributed by atoms with Crippen LogP contribution in [0, 0.1) is 16.0 Å². The zero-order valence-electron chi connectivity index (χ0n) is 10.8. The van der Waals surface area contributed by atoms with Gasteiger partial charge in [0.15, 0.2) is 5.92 Å². The van der Waals surface area contributed by atoms with Crippen molar-refractivity contribution in [2.45, 2.75) is 6.42 Å². The fourth-order valence-electron chi connectivity index (χ4n) is 1.65. The average molecular weight is 302 g/mol. The lowest BCUT2D eigenvalue weighted by atomic mass is 9.98. The van der Waals surface area contributed by atoms with Gasteiger partial charge >= 0.3 is 11.9 Å². The molecular weight excluding hydrogens is 290 g/mol. The first kappa shape index (κ1) is 15.9. The number of carbonyl (C=O) groups excluding carboxylic acids is 2. The third-order valence-corrected chi connectivity index (χ3v) is 2.87. The summed E-state index contributed by atoms with van der Waals surface area (Å²) in [5.74, 6) is -2.90. The molecule has 0 aliphatic heterocycles. The average Bonchev–Trinajstić information content (AvgIpc) is 2.44. The molecule has 108 valence electrons. The molecule has 0 aliphatic carbocycles. The summed E-state index contributed by atoms with van der Waals surface area (Å²) in [4.78, 5) is 33.4. The number of nitro benzene ring substituents is 1. The summed E-state index contributed by atoms with van der Waals surface area (Å²) in [6, 6.07) is 3.98. The van der Waals surface area contributed by atoms with Gasteiger partial charge in [0.2, 0.25) is 0 Å². The van der Waals surface area contributed by atoms with Crippen LogP contribution in [0.3, 0.4) is 0 Å². The maximum atomic E-state index is 11.5. The highest BCUT2D eigenvalue weighted by atomic mass is 35.5. The summed E-state index contributed by atoms with van der Waals surface area (Å²) in [5.41, 5.74) is -0.0736. The molecule has 8 heteroatoms. The van der Waals surface area contributed by atoms with Crippen LogP contribution in [0.5, 0.6) is 0 Å². The predicted molar refractivity (Wildman–Crippen MR) is 69.3 cm³/mol. The van der Waals surface area contributed by atoms with Crippen LogP contribution in [0.2, 0.25) is 5.02 Å². The molecular formula is C12H12ClNO6. The van der Waals surface area contributed by atoms with Crippen molar-refractivity contribution in [3.05, 3.63) is 38.9 Å². The van der Waals surface area contributed by atoms with Gasteiger partial charge in [-0.05, 0) is 6.07 Å². The lowest BCUT2D eigenvalue weighted by Crippen LogP contribution is -2.28. The second-order valence-corrected chi connectivity index (χ2v) is 4.27. The number of ether oxygens (including phenoxy) is 2. The highest BCUT2D eigenvalue weighted by molar-refractivity contribution is 6.30. The van der Waals surface area contributed by atoms with Gasteiger partial charge in [-0.2, -0.15) is 0 Å². The number of benzene rings is 1. The second kappa shape index (κ2) is 6.85. The Balaban J connectivity index is 3.14. The van der Waals surface area contributed by atoms with Crippen molar-refractivity contribution >= 4 is 29.2 Å². The van der Waals surface area contributed by atoms with Gasteiger partial charge in [0.25, 0.3) is 5.69 Å². The number of hydrogen-bond acceptors (Lipinski definition) is 6. The Morgan fingerprint density at radius 2 is 1.85 bits per heavy atom. The van der Waals surface area contributed by atoms with E-state index in [1.807, 2.05) is 0 Å². The molecule has 0 fully saturated rings. The van der Waals surface area contributed by atoms with E-state index in [1.54, 1.807) is 0 Å². The fourth-order valence-corrected chi connectivity index (χ4v) is 1.81. The molecule has 0 aromatic heterocycles. The van der Waals surface area contributed by atoms with Crippen molar-refractivity contribution in [1.29, 1.82) is 0 Å². The van der Waals surface area contributed by atoms with Crippen molar-refractivity contribution in [2.24, 2.45) is 5.92 Å². The van der Waals surface area contributed by atoms with Crippen molar-refractivity contribution in [1.82, 2.24) is 0 Å². The Morgan fingerprint density at radius 3 is 2.30 bits per heavy atom. The van der Waals surface area contributed by atoms with Crippen molar-refractivity contribution < 1.29 is 24.0 Å². The monoisotopic (exact) mass is 301 g/mol. The number of halogens is 1. The molecule has 0 heterocycles. The van der Waals surface area contributed by atoms with E-state index in [-0.39, 0.29) is 22.7 Å². The summed E-state index contributed by atoms with van der Waals surface area (Å²) >= 11 is 5.69. The summed E-state index contributed by atoms with van der Waals surface area (Å²) in [6.45, 7) is 0. The molecule has 0 aliphatic rings. The van der Waals surface area contributed by atoms with Crippen LogP contribution in [0.4, 0.5) is 5.69 Å². The first-order valence-corrected chi connectivity index (χ1v) is 5.87. The quantitative estimate of drug-likeness (QED) is 0.356. The summed E-state index contributed by atoms with van der Waals surface area (Å²) < 4.78 is 8.99. The largest absolute Gasteiger partial charge is 0.468 e. The van der Waals surface area contributed by atoms with Gasteiger partial charge in [0.05, 0.1) is 19.1 Å². The van der Waals surface area contributed by atoms with Crippen LogP contribution in [-0.2, 0) is 25.5 Å². The van der Waals surface area contributed by atoms with Gasteiger partial charge in [0, 0.05) is 23.1 Å². The van der Waals surface area contributed by atoms with E-state index in [4.69, 9.17) is 11.6 Å². The number of carbonyl (C=O) groups is 2. The zero-order chi connectivity index (χ0) is 15.3. The highest BCUT2D eigenvalue weighted by Crippen LogP contribution is 2.26. The minimum absolute atomic E-state index is 0.188. The Bertz CT molecular complexity index is 529. The van der Waals surface area contributed by atoms with Gasteiger partial charge in [0.1, 0.15) is 0 Å². The van der Waals surface area contributed by atoms with E-state index in [9.17, 15) is 19.7 Å². The maximum Gasteiger partial charge on any atom is 0.320 e. The molecule has 0 radical (unpaired) electrons. The molecule has 0 bridgehead atoms.